The van der Waals surface area contributed by atoms with Crippen LogP contribution in [0.25, 0.3) is 121 Å². The molecule has 0 N–H and O–H groups in total. The normalized spacial score (nSPS) is 13.6. The molecule has 0 spiro atoms. The minimum absolute atomic E-state index is 0.233. The molecule has 72 heavy (non-hydrogen) atoms. The van der Waals surface area contributed by atoms with Crippen molar-refractivity contribution in [2.75, 3.05) is 0 Å². The first-order valence-electron chi connectivity index (χ1n) is 24.9. The molecule has 336 valence electrons. The third kappa shape index (κ3) is 5.35. The van der Waals surface area contributed by atoms with Crippen molar-refractivity contribution >= 4 is 82.1 Å². The van der Waals surface area contributed by atoms with Crippen molar-refractivity contribution in [3.63, 3.8) is 0 Å². The summed E-state index contributed by atoms with van der Waals surface area (Å²) in [6.45, 7) is 4.63. The third-order valence-electron chi connectivity index (χ3n) is 16.1. The molecule has 10 aromatic carbocycles. The van der Waals surface area contributed by atoms with E-state index in [-0.39, 0.29) is 5.41 Å². The molecule has 0 aliphatic heterocycles. The number of nitriles is 2. The zero-order valence-corrected chi connectivity index (χ0v) is 39.7. The number of allylic oxidation sites excluding steroid dienone is 1. The van der Waals surface area contributed by atoms with E-state index in [1.54, 1.807) is 0 Å². The molecule has 2 aliphatic rings. The zero-order valence-electron chi connectivity index (χ0n) is 39.7. The molecule has 5 heteroatoms. The van der Waals surface area contributed by atoms with Crippen molar-refractivity contribution in [3.8, 4) is 51.5 Å². The fourth-order valence-corrected chi connectivity index (χ4v) is 13.0. The monoisotopic (exact) mass is 917 g/mol. The predicted octanol–water partition coefficient (Wildman–Crippen LogP) is 16.8. The quantitative estimate of drug-likeness (QED) is 0.177. The van der Waals surface area contributed by atoms with E-state index in [0.29, 0.717) is 16.8 Å². The van der Waals surface area contributed by atoms with Gasteiger partial charge in [-0.25, -0.2) is 0 Å². The Morgan fingerprint density at radius 1 is 0.431 bits per heavy atom. The predicted molar refractivity (Wildman–Crippen MR) is 297 cm³/mol. The standard InChI is InChI=1S/C67H43N5/c1-67(2)55-26-12-7-21-45(55)50-35-44(31-32-56(50)67)63-65(71-59-29-15-10-24-48(59)51-33-40-17-3-5-19-42(40)36-61(51)71)53(38-68)64(70-57-27-13-8-22-46(57)47-23-9-14-28-58(47)70)54(39-69)66(63)72-60-30-16-11-25-49(60)52-34-41-18-4-6-20-43(41)37-62(52)72/h3-15,17-29,31-37H,16,30H2,1-2H3. The summed E-state index contributed by atoms with van der Waals surface area (Å²) in [6.07, 6.45) is 6.19. The lowest BCUT2D eigenvalue weighted by molar-refractivity contribution is 0.660. The Balaban J connectivity index is 1.24. The van der Waals surface area contributed by atoms with E-state index in [1.165, 1.54) is 16.7 Å². The van der Waals surface area contributed by atoms with Crippen LogP contribution in [0.1, 0.15) is 53.8 Å². The Kier molecular flexibility index (Phi) is 8.32. The van der Waals surface area contributed by atoms with Gasteiger partial charge < -0.3 is 13.7 Å². The first-order chi connectivity index (χ1) is 35.4. The first-order valence-corrected chi connectivity index (χ1v) is 24.9. The highest BCUT2D eigenvalue weighted by molar-refractivity contribution is 6.16. The molecule has 0 fully saturated rings. The maximum absolute atomic E-state index is 12.4. The van der Waals surface area contributed by atoms with E-state index < -0.39 is 0 Å². The molecule has 0 saturated heterocycles. The van der Waals surface area contributed by atoms with Crippen LogP contribution in [-0.4, -0.2) is 13.7 Å². The average Bonchev–Trinajstić information content (AvgIpc) is 4.11. The minimum atomic E-state index is -0.233. The maximum atomic E-state index is 12.4. The van der Waals surface area contributed by atoms with Crippen LogP contribution in [0, 0.1) is 22.7 Å². The fraction of sp³-hybridized carbons (Fsp3) is 0.0746. The van der Waals surface area contributed by atoms with Gasteiger partial charge in [0.1, 0.15) is 23.3 Å². The Bertz CT molecular complexity index is 4630. The topological polar surface area (TPSA) is 62.4 Å². The van der Waals surface area contributed by atoms with E-state index in [1.807, 2.05) is 0 Å². The van der Waals surface area contributed by atoms with E-state index in [2.05, 4.69) is 240 Å². The molecule has 13 aromatic rings. The Labute approximate surface area is 415 Å². The van der Waals surface area contributed by atoms with Gasteiger partial charge in [0, 0.05) is 49.2 Å². The number of para-hydroxylation sites is 3. The molecule has 15 rings (SSSR count). The van der Waals surface area contributed by atoms with Gasteiger partial charge in [-0.1, -0.05) is 166 Å². The Morgan fingerprint density at radius 2 is 0.917 bits per heavy atom. The van der Waals surface area contributed by atoms with Crippen LogP contribution < -0.4 is 0 Å². The van der Waals surface area contributed by atoms with Gasteiger partial charge in [-0.15, -0.1) is 0 Å². The maximum Gasteiger partial charge on any atom is 0.104 e. The molecule has 0 atom stereocenters. The van der Waals surface area contributed by atoms with Gasteiger partial charge in [0.25, 0.3) is 0 Å². The van der Waals surface area contributed by atoms with Crippen LogP contribution in [0.15, 0.2) is 194 Å². The van der Waals surface area contributed by atoms with Gasteiger partial charge in [0.15, 0.2) is 0 Å². The van der Waals surface area contributed by atoms with Crippen LogP contribution in [-0.2, 0) is 11.8 Å². The fourth-order valence-electron chi connectivity index (χ4n) is 13.0. The summed E-state index contributed by atoms with van der Waals surface area (Å²) in [5.41, 5.74) is 16.5. The average molecular weight is 918 g/mol. The number of benzene rings is 10. The smallest absolute Gasteiger partial charge is 0.104 e. The highest BCUT2D eigenvalue weighted by Crippen LogP contribution is 2.53. The van der Waals surface area contributed by atoms with Crippen LogP contribution in [0.5, 0.6) is 0 Å². The van der Waals surface area contributed by atoms with Gasteiger partial charge in [-0.2, -0.15) is 10.5 Å². The molecule has 0 unspecified atom stereocenters. The number of hydrogen-bond donors (Lipinski definition) is 0. The lowest BCUT2D eigenvalue weighted by Gasteiger charge is -2.27. The lowest BCUT2D eigenvalue weighted by Crippen LogP contribution is -2.16. The van der Waals surface area contributed by atoms with Gasteiger partial charge in [0.05, 0.1) is 44.6 Å². The number of rotatable bonds is 4. The molecule has 0 radical (unpaired) electrons. The highest BCUT2D eigenvalue weighted by Gasteiger charge is 2.38. The summed E-state index contributed by atoms with van der Waals surface area (Å²) < 4.78 is 6.98. The summed E-state index contributed by atoms with van der Waals surface area (Å²) in [5.74, 6) is 0. The molecule has 2 aliphatic carbocycles. The van der Waals surface area contributed by atoms with Crippen molar-refractivity contribution in [1.82, 2.24) is 13.7 Å². The largest absolute Gasteiger partial charge is 0.311 e. The van der Waals surface area contributed by atoms with Crippen LogP contribution in [0.3, 0.4) is 0 Å². The Morgan fingerprint density at radius 3 is 1.54 bits per heavy atom. The van der Waals surface area contributed by atoms with Crippen molar-refractivity contribution < 1.29 is 0 Å². The summed E-state index contributed by atoms with van der Waals surface area (Å²) >= 11 is 0. The summed E-state index contributed by atoms with van der Waals surface area (Å²) in [4.78, 5) is 0. The summed E-state index contributed by atoms with van der Waals surface area (Å²) in [7, 11) is 0. The van der Waals surface area contributed by atoms with Crippen LogP contribution in [0.4, 0.5) is 0 Å². The first kappa shape index (κ1) is 40.5. The van der Waals surface area contributed by atoms with Crippen molar-refractivity contribution in [3.05, 3.63) is 228 Å². The van der Waals surface area contributed by atoms with Crippen molar-refractivity contribution in [1.29, 1.82) is 10.5 Å². The number of nitrogens with zero attached hydrogens (tertiary/aromatic N) is 5. The highest BCUT2D eigenvalue weighted by atomic mass is 15.1. The minimum Gasteiger partial charge on any atom is -0.311 e. The zero-order chi connectivity index (χ0) is 48.0. The number of fused-ring (bicyclic) bond motifs is 14. The van der Waals surface area contributed by atoms with E-state index in [9.17, 15) is 10.5 Å². The van der Waals surface area contributed by atoms with Gasteiger partial charge >= 0.3 is 0 Å². The van der Waals surface area contributed by atoms with E-state index >= 15 is 0 Å². The second kappa shape index (κ2) is 14.8. The van der Waals surface area contributed by atoms with Gasteiger partial charge in [-0.05, 0) is 111 Å². The number of hydrogen-bond acceptors (Lipinski definition) is 2. The van der Waals surface area contributed by atoms with Crippen LogP contribution in [0.2, 0.25) is 0 Å². The van der Waals surface area contributed by atoms with Crippen molar-refractivity contribution in [2.45, 2.75) is 32.1 Å². The van der Waals surface area contributed by atoms with Gasteiger partial charge in [0.2, 0.25) is 0 Å². The summed E-state index contributed by atoms with van der Waals surface area (Å²) in [6, 6.07) is 73.2. The molecule has 0 bridgehead atoms. The van der Waals surface area contributed by atoms with E-state index in [4.69, 9.17) is 0 Å². The third-order valence-corrected chi connectivity index (χ3v) is 16.1. The Hall–Kier alpha value is -9.42. The molecular formula is C67H43N5. The molecule has 3 heterocycles. The molecule has 0 amide bonds. The van der Waals surface area contributed by atoms with Crippen molar-refractivity contribution in [2.24, 2.45) is 0 Å². The number of aromatic nitrogens is 3. The van der Waals surface area contributed by atoms with Crippen LogP contribution >= 0.6 is 0 Å². The molecular weight excluding hydrogens is 875 g/mol. The SMILES string of the molecule is CC1(C)c2ccccc2-c2cc(-c3c(-n4c5c(c6cc7ccccc7cc64)C=CCC5)c(C#N)c(-n4c5ccccc5c5ccccc54)c(C#N)c3-n3c4ccccc4c4cc5ccccc5cc43)ccc21. The molecule has 5 nitrogen and oxygen atoms in total. The molecule has 0 saturated carbocycles. The summed E-state index contributed by atoms with van der Waals surface area (Å²) in [5, 5.41) is 34.8. The second-order valence-corrected chi connectivity index (χ2v) is 20.1. The van der Waals surface area contributed by atoms with E-state index in [0.717, 1.165) is 128 Å². The lowest BCUT2D eigenvalue weighted by atomic mass is 9.82. The second-order valence-electron chi connectivity index (χ2n) is 20.1. The van der Waals surface area contributed by atoms with Gasteiger partial charge in [-0.3, -0.25) is 0 Å². The molecule has 3 aromatic heterocycles.